The van der Waals surface area contributed by atoms with Gasteiger partial charge in [0.15, 0.2) is 0 Å². The predicted octanol–water partition coefficient (Wildman–Crippen LogP) is 3.82. The van der Waals surface area contributed by atoms with Crippen LogP contribution in [-0.4, -0.2) is 31.1 Å². The van der Waals surface area contributed by atoms with Crippen LogP contribution in [0.5, 0.6) is 0 Å². The molecule has 154 valence electrons. The molecule has 0 saturated carbocycles. The second-order valence-electron chi connectivity index (χ2n) is 6.88. The van der Waals surface area contributed by atoms with E-state index in [0.717, 1.165) is 12.0 Å². The third-order valence-electron chi connectivity index (χ3n) is 4.61. The molecule has 4 heterocycles. The Kier molecular flexibility index (Phi) is 5.74. The van der Waals surface area contributed by atoms with E-state index in [1.165, 1.54) is 16.2 Å². The summed E-state index contributed by atoms with van der Waals surface area (Å²) in [4.78, 5) is 32.7. The molecule has 1 aliphatic rings. The number of nitrogens with zero attached hydrogens (tertiary/aromatic N) is 3. The van der Waals surface area contributed by atoms with Gasteiger partial charge in [0.1, 0.15) is 21.5 Å². The standard InChI is InChI=1S/C21H20N4O3S2/c1-3-8-24-20(27)16(30-21(24)29)10-15-18(22-11-14-5-4-9-28-14)23-17-7-6-13(2)12-25(17)19(15)26/h4-7,9-10,12,22H,3,8,11H2,1-2H3/b16-10+. The molecule has 7 nitrogen and oxygen atoms in total. The van der Waals surface area contributed by atoms with Gasteiger partial charge in [0.05, 0.1) is 23.3 Å². The highest BCUT2D eigenvalue weighted by atomic mass is 32.2. The van der Waals surface area contributed by atoms with Crippen molar-refractivity contribution in [2.45, 2.75) is 26.8 Å². The van der Waals surface area contributed by atoms with E-state index in [0.29, 0.717) is 45.1 Å². The summed E-state index contributed by atoms with van der Waals surface area (Å²) in [7, 11) is 0. The van der Waals surface area contributed by atoms with E-state index >= 15 is 0 Å². The van der Waals surface area contributed by atoms with E-state index in [1.807, 2.05) is 26.0 Å². The van der Waals surface area contributed by atoms with Crippen molar-refractivity contribution in [3.8, 4) is 0 Å². The van der Waals surface area contributed by atoms with Crippen molar-refractivity contribution in [2.75, 3.05) is 11.9 Å². The summed E-state index contributed by atoms with van der Waals surface area (Å²) in [5, 5.41) is 3.17. The molecule has 0 unspecified atom stereocenters. The van der Waals surface area contributed by atoms with Crippen LogP contribution in [0.2, 0.25) is 0 Å². The zero-order valence-electron chi connectivity index (χ0n) is 16.5. The molecular formula is C21H20N4O3S2. The van der Waals surface area contributed by atoms with Gasteiger partial charge in [-0.2, -0.15) is 0 Å². The number of carbonyl (C=O) groups excluding carboxylic acids is 1. The smallest absolute Gasteiger partial charge is 0.267 e. The minimum atomic E-state index is -0.258. The van der Waals surface area contributed by atoms with Crippen molar-refractivity contribution in [2.24, 2.45) is 0 Å². The molecule has 1 fully saturated rings. The van der Waals surface area contributed by atoms with Gasteiger partial charge in [0.25, 0.3) is 11.5 Å². The summed E-state index contributed by atoms with van der Waals surface area (Å²) >= 11 is 6.55. The van der Waals surface area contributed by atoms with Gasteiger partial charge in [-0.25, -0.2) is 4.98 Å². The first-order valence-corrected chi connectivity index (χ1v) is 10.7. The monoisotopic (exact) mass is 440 g/mol. The molecule has 0 atom stereocenters. The van der Waals surface area contributed by atoms with Crippen LogP contribution >= 0.6 is 24.0 Å². The Morgan fingerprint density at radius 2 is 2.13 bits per heavy atom. The summed E-state index contributed by atoms with van der Waals surface area (Å²) in [6.07, 6.45) is 5.71. The molecule has 1 saturated heterocycles. The van der Waals surface area contributed by atoms with Gasteiger partial charge in [-0.1, -0.05) is 37.0 Å². The van der Waals surface area contributed by atoms with Gasteiger partial charge in [-0.05, 0) is 43.2 Å². The molecule has 1 N–H and O–H groups in total. The predicted molar refractivity (Wildman–Crippen MR) is 122 cm³/mol. The lowest BCUT2D eigenvalue weighted by Crippen LogP contribution is -2.28. The topological polar surface area (TPSA) is 79.8 Å². The van der Waals surface area contributed by atoms with Crippen molar-refractivity contribution in [3.63, 3.8) is 0 Å². The number of rotatable bonds is 6. The summed E-state index contributed by atoms with van der Waals surface area (Å²) < 4.78 is 7.36. The van der Waals surface area contributed by atoms with Gasteiger partial charge in [0, 0.05) is 12.7 Å². The molecule has 0 radical (unpaired) electrons. The molecular weight excluding hydrogens is 420 g/mol. The minimum Gasteiger partial charge on any atom is -0.467 e. The van der Waals surface area contributed by atoms with Crippen LogP contribution in [0.4, 0.5) is 5.82 Å². The highest BCUT2D eigenvalue weighted by Gasteiger charge is 2.32. The molecule has 0 aromatic carbocycles. The number of carbonyl (C=O) groups is 1. The van der Waals surface area contributed by atoms with Crippen LogP contribution in [0, 0.1) is 6.92 Å². The van der Waals surface area contributed by atoms with E-state index in [1.54, 1.807) is 35.6 Å². The minimum absolute atomic E-state index is 0.183. The number of hydrogen-bond acceptors (Lipinski definition) is 7. The van der Waals surface area contributed by atoms with Crippen molar-refractivity contribution in [1.82, 2.24) is 14.3 Å². The molecule has 0 bridgehead atoms. The molecule has 0 aliphatic carbocycles. The van der Waals surface area contributed by atoms with E-state index < -0.39 is 0 Å². The number of nitrogens with one attached hydrogen (secondary N) is 1. The van der Waals surface area contributed by atoms with Crippen LogP contribution in [-0.2, 0) is 11.3 Å². The molecule has 3 aromatic heterocycles. The second-order valence-corrected chi connectivity index (χ2v) is 8.56. The average molecular weight is 441 g/mol. The number of thiocarbonyl (C=S) groups is 1. The molecule has 9 heteroatoms. The maximum atomic E-state index is 13.3. The maximum Gasteiger partial charge on any atom is 0.267 e. The van der Waals surface area contributed by atoms with E-state index in [2.05, 4.69) is 10.3 Å². The van der Waals surface area contributed by atoms with Crippen LogP contribution in [0.15, 0.2) is 50.8 Å². The Balaban J connectivity index is 1.81. The van der Waals surface area contributed by atoms with Crippen molar-refractivity contribution < 1.29 is 9.21 Å². The van der Waals surface area contributed by atoms with Crippen LogP contribution in [0.25, 0.3) is 11.7 Å². The van der Waals surface area contributed by atoms with Gasteiger partial charge in [-0.15, -0.1) is 0 Å². The highest BCUT2D eigenvalue weighted by molar-refractivity contribution is 8.26. The Bertz CT molecular complexity index is 1210. The van der Waals surface area contributed by atoms with Crippen LogP contribution < -0.4 is 10.9 Å². The Labute approximate surface area is 182 Å². The Morgan fingerprint density at radius 3 is 2.87 bits per heavy atom. The average Bonchev–Trinajstić information content (AvgIpc) is 3.33. The van der Waals surface area contributed by atoms with Crippen LogP contribution in [0.1, 0.15) is 30.2 Å². The zero-order chi connectivity index (χ0) is 21.3. The van der Waals surface area contributed by atoms with Crippen molar-refractivity contribution >= 4 is 51.7 Å². The van der Waals surface area contributed by atoms with Gasteiger partial charge < -0.3 is 9.73 Å². The summed E-state index contributed by atoms with van der Waals surface area (Å²) in [6.45, 7) is 4.81. The Morgan fingerprint density at radius 1 is 1.30 bits per heavy atom. The lowest BCUT2D eigenvalue weighted by atomic mass is 10.2. The fraction of sp³-hybridized carbons (Fsp3) is 0.238. The van der Waals surface area contributed by atoms with E-state index in [-0.39, 0.29) is 11.5 Å². The fourth-order valence-corrected chi connectivity index (χ4v) is 4.45. The SMILES string of the molecule is CCCN1C(=O)/C(=C\c2c(NCc3ccco3)nc3ccc(C)cn3c2=O)SC1=S. The summed E-state index contributed by atoms with van der Waals surface area (Å²) in [5.74, 6) is 0.916. The van der Waals surface area contributed by atoms with Gasteiger partial charge >= 0.3 is 0 Å². The van der Waals surface area contributed by atoms with E-state index in [9.17, 15) is 9.59 Å². The normalized spacial score (nSPS) is 15.5. The number of hydrogen-bond donors (Lipinski definition) is 1. The first-order chi connectivity index (χ1) is 14.5. The molecule has 0 spiro atoms. The summed E-state index contributed by atoms with van der Waals surface area (Å²) in [5.41, 5.74) is 1.50. The summed E-state index contributed by atoms with van der Waals surface area (Å²) in [6, 6.07) is 7.31. The zero-order valence-corrected chi connectivity index (χ0v) is 18.2. The molecule has 30 heavy (non-hydrogen) atoms. The quantitative estimate of drug-likeness (QED) is 0.461. The number of fused-ring (bicyclic) bond motifs is 1. The van der Waals surface area contributed by atoms with E-state index in [4.69, 9.17) is 16.6 Å². The third-order valence-corrected chi connectivity index (χ3v) is 5.99. The van der Waals surface area contributed by atoms with Gasteiger partial charge in [0.2, 0.25) is 0 Å². The van der Waals surface area contributed by atoms with Gasteiger partial charge in [-0.3, -0.25) is 18.9 Å². The number of aryl methyl sites for hydroxylation is 1. The largest absolute Gasteiger partial charge is 0.467 e. The first-order valence-electron chi connectivity index (χ1n) is 9.52. The second kappa shape index (κ2) is 8.45. The van der Waals surface area contributed by atoms with Crippen molar-refractivity contribution in [3.05, 3.63) is 68.9 Å². The molecule has 1 aliphatic heterocycles. The number of aromatic nitrogens is 2. The van der Waals surface area contributed by atoms with Crippen molar-refractivity contribution in [1.29, 1.82) is 0 Å². The molecule has 4 rings (SSSR count). The highest BCUT2D eigenvalue weighted by Crippen LogP contribution is 2.33. The maximum absolute atomic E-state index is 13.3. The third kappa shape index (κ3) is 3.90. The fourth-order valence-electron chi connectivity index (χ4n) is 3.16. The number of amides is 1. The lowest BCUT2D eigenvalue weighted by Gasteiger charge is -2.12. The number of thioether (sulfide) groups is 1. The van der Waals surface area contributed by atoms with Crippen LogP contribution in [0.3, 0.4) is 0 Å². The number of furan rings is 1. The first kappa shape index (κ1) is 20.4. The lowest BCUT2D eigenvalue weighted by molar-refractivity contribution is -0.122. The number of pyridine rings is 1. The Hall–Kier alpha value is -2.91. The molecule has 3 aromatic rings. The molecule has 1 amide bonds. The number of anilines is 1.